The third-order valence-corrected chi connectivity index (χ3v) is 6.91. The molecule has 0 saturated carbocycles. The first-order valence-electron chi connectivity index (χ1n) is 9.28. The minimum absolute atomic E-state index is 0.165. The van der Waals surface area contributed by atoms with Gasteiger partial charge in [0.25, 0.3) is 5.91 Å². The van der Waals surface area contributed by atoms with E-state index in [0.717, 1.165) is 0 Å². The zero-order valence-corrected chi connectivity index (χ0v) is 18.5. The van der Waals surface area contributed by atoms with Crippen molar-refractivity contribution in [2.75, 3.05) is 28.7 Å². The Hall–Kier alpha value is -2.33. The van der Waals surface area contributed by atoms with Crippen LogP contribution in [0, 0.1) is 0 Å². The maximum Gasteiger partial charge on any atom is 0.257 e. The Bertz CT molecular complexity index is 1120. The topological polar surface area (TPSA) is 94.9 Å². The van der Waals surface area contributed by atoms with E-state index in [4.69, 9.17) is 27.9 Å². The molecular formula is C21H19Cl2N3O4S. The maximum atomic E-state index is 12.8. The molecule has 2 aromatic carbocycles. The zero-order chi connectivity index (χ0) is 22.0. The Morgan fingerprint density at radius 1 is 1.10 bits per heavy atom. The van der Waals surface area contributed by atoms with E-state index in [-0.39, 0.29) is 16.5 Å². The van der Waals surface area contributed by atoms with Crippen LogP contribution in [-0.4, -0.2) is 39.1 Å². The molecule has 0 radical (unpaired) electrons. The van der Waals surface area contributed by atoms with Crippen molar-refractivity contribution in [3.8, 4) is 11.3 Å². The molecular weight excluding hydrogens is 461 g/mol. The van der Waals surface area contributed by atoms with Crippen LogP contribution in [0.3, 0.4) is 0 Å². The lowest BCUT2D eigenvalue weighted by Gasteiger charge is -2.46. The predicted octanol–water partition coefficient (Wildman–Crippen LogP) is 5.77. The van der Waals surface area contributed by atoms with Gasteiger partial charge >= 0.3 is 0 Å². The number of nitrogens with zero attached hydrogens (tertiary/aromatic N) is 2. The monoisotopic (exact) mass is 479 g/mol. The van der Waals surface area contributed by atoms with Crippen LogP contribution in [0.5, 0.6) is 0 Å². The van der Waals surface area contributed by atoms with Gasteiger partial charge in [0.1, 0.15) is 0 Å². The standard InChI is InChI=1S/C21H19Cl2N3O4S/c22-18-7-4-14(11-17(18)20-3-1-2-8-24-20)25-21(27)16-6-5-15(12-19(16)23)26-9-10-30-13-31(26,28)29/h1-8,11-12,28-29H,9-10,13H2,(H,25,27). The number of aromatic nitrogens is 1. The molecule has 3 aromatic rings. The van der Waals surface area contributed by atoms with Gasteiger partial charge in [-0.15, -0.1) is 0 Å². The van der Waals surface area contributed by atoms with Gasteiger partial charge in [0.2, 0.25) is 0 Å². The molecule has 0 unspecified atom stereocenters. The SMILES string of the molecule is O=C(Nc1ccc(Cl)c(-c2ccccn2)c1)c1ccc(N2CCOCS2(O)O)cc1Cl. The molecule has 2 heterocycles. The van der Waals surface area contributed by atoms with Crippen LogP contribution >= 0.6 is 34.0 Å². The second-order valence-corrected chi connectivity index (χ2v) is 9.54. The van der Waals surface area contributed by atoms with Gasteiger partial charge in [-0.2, -0.15) is 0 Å². The maximum absolute atomic E-state index is 12.8. The van der Waals surface area contributed by atoms with E-state index in [1.165, 1.54) is 10.4 Å². The number of carbonyl (C=O) groups is 1. The summed E-state index contributed by atoms with van der Waals surface area (Å²) >= 11 is 12.6. The second kappa shape index (κ2) is 9.04. The van der Waals surface area contributed by atoms with E-state index in [2.05, 4.69) is 10.3 Å². The Morgan fingerprint density at radius 2 is 1.94 bits per heavy atom. The number of benzene rings is 2. The third kappa shape index (κ3) is 4.79. The normalized spacial score (nSPS) is 16.6. The van der Waals surface area contributed by atoms with Gasteiger partial charge in [0, 0.05) is 17.4 Å². The number of anilines is 2. The van der Waals surface area contributed by atoms with Crippen molar-refractivity contribution >= 4 is 51.3 Å². The molecule has 1 fully saturated rings. The number of nitrogens with one attached hydrogen (secondary N) is 1. The highest BCUT2D eigenvalue weighted by molar-refractivity contribution is 8.25. The number of halogens is 2. The first-order valence-corrected chi connectivity index (χ1v) is 11.7. The number of hydrogen-bond donors (Lipinski definition) is 3. The molecule has 0 aliphatic carbocycles. The van der Waals surface area contributed by atoms with Crippen molar-refractivity contribution in [1.29, 1.82) is 0 Å². The van der Waals surface area contributed by atoms with E-state index in [0.29, 0.717) is 40.8 Å². The number of carbonyl (C=O) groups excluding carboxylic acids is 1. The summed E-state index contributed by atoms with van der Waals surface area (Å²) in [6.45, 7) is 0.677. The Kier molecular flexibility index (Phi) is 6.38. The van der Waals surface area contributed by atoms with Crippen LogP contribution in [0.4, 0.5) is 11.4 Å². The Balaban J connectivity index is 1.55. The van der Waals surface area contributed by atoms with E-state index < -0.39 is 16.7 Å². The summed E-state index contributed by atoms with van der Waals surface area (Å²) in [6.07, 6.45) is 1.67. The number of rotatable bonds is 4. The van der Waals surface area contributed by atoms with E-state index in [1.807, 2.05) is 18.2 Å². The molecule has 31 heavy (non-hydrogen) atoms. The summed E-state index contributed by atoms with van der Waals surface area (Å²) < 4.78 is 27.0. The zero-order valence-electron chi connectivity index (χ0n) is 16.2. The molecule has 162 valence electrons. The molecule has 0 atom stereocenters. The fourth-order valence-corrected chi connectivity index (χ4v) is 4.95. The molecule has 1 aromatic heterocycles. The summed E-state index contributed by atoms with van der Waals surface area (Å²) in [4.78, 5) is 17.1. The molecule has 10 heteroatoms. The lowest BCUT2D eigenvalue weighted by Crippen LogP contribution is -2.38. The van der Waals surface area contributed by atoms with Gasteiger partial charge in [-0.05, 0) is 48.5 Å². The van der Waals surface area contributed by atoms with Crippen LogP contribution in [0.15, 0.2) is 60.8 Å². The lowest BCUT2D eigenvalue weighted by molar-refractivity contribution is 0.102. The average molecular weight is 480 g/mol. The van der Waals surface area contributed by atoms with Gasteiger partial charge in [0.15, 0.2) is 5.94 Å². The predicted molar refractivity (Wildman–Crippen MR) is 125 cm³/mol. The van der Waals surface area contributed by atoms with Crippen molar-refractivity contribution in [2.45, 2.75) is 0 Å². The minimum Gasteiger partial charge on any atom is -0.357 e. The largest absolute Gasteiger partial charge is 0.357 e. The van der Waals surface area contributed by atoms with E-state index in [9.17, 15) is 13.9 Å². The molecule has 1 amide bonds. The van der Waals surface area contributed by atoms with Gasteiger partial charge in [0.05, 0.1) is 40.1 Å². The van der Waals surface area contributed by atoms with Crippen molar-refractivity contribution in [3.63, 3.8) is 0 Å². The lowest BCUT2D eigenvalue weighted by atomic mass is 10.1. The van der Waals surface area contributed by atoms with E-state index >= 15 is 0 Å². The second-order valence-electron chi connectivity index (χ2n) is 6.79. The first-order chi connectivity index (χ1) is 14.8. The smallest absolute Gasteiger partial charge is 0.257 e. The van der Waals surface area contributed by atoms with Gasteiger partial charge in [-0.3, -0.25) is 23.2 Å². The highest BCUT2D eigenvalue weighted by atomic mass is 35.5. The number of pyridine rings is 1. The van der Waals surface area contributed by atoms with Gasteiger partial charge in [-0.25, -0.2) is 0 Å². The summed E-state index contributed by atoms with van der Waals surface area (Å²) in [7, 11) is -3.08. The third-order valence-electron chi connectivity index (χ3n) is 4.68. The van der Waals surface area contributed by atoms with E-state index in [1.54, 1.807) is 36.5 Å². The van der Waals surface area contributed by atoms with Crippen LogP contribution in [0.25, 0.3) is 11.3 Å². The molecule has 1 aliphatic heterocycles. The van der Waals surface area contributed by atoms with Crippen molar-refractivity contribution in [2.24, 2.45) is 0 Å². The fourth-order valence-electron chi connectivity index (χ4n) is 3.19. The quantitative estimate of drug-likeness (QED) is 0.439. The summed E-state index contributed by atoms with van der Waals surface area (Å²) in [5.41, 5.74) is 2.69. The molecule has 1 aliphatic rings. The summed E-state index contributed by atoms with van der Waals surface area (Å²) in [5, 5.41) is 3.52. The summed E-state index contributed by atoms with van der Waals surface area (Å²) in [6, 6.07) is 15.3. The number of hydrogen-bond acceptors (Lipinski definition) is 6. The van der Waals surface area contributed by atoms with Crippen LogP contribution < -0.4 is 9.62 Å². The van der Waals surface area contributed by atoms with Crippen LogP contribution in [0.1, 0.15) is 10.4 Å². The van der Waals surface area contributed by atoms with Crippen LogP contribution in [-0.2, 0) is 4.74 Å². The fraction of sp³-hybridized carbons (Fsp3) is 0.143. The average Bonchev–Trinajstić information content (AvgIpc) is 2.75. The summed E-state index contributed by atoms with van der Waals surface area (Å²) in [5.74, 6) is -0.568. The highest BCUT2D eigenvalue weighted by Crippen LogP contribution is 2.48. The molecule has 7 nitrogen and oxygen atoms in total. The Labute approximate surface area is 191 Å². The molecule has 3 N–H and O–H groups in total. The highest BCUT2D eigenvalue weighted by Gasteiger charge is 2.28. The van der Waals surface area contributed by atoms with Crippen molar-refractivity contribution in [3.05, 3.63) is 76.4 Å². The first kappa shape index (κ1) is 21.9. The molecule has 0 bridgehead atoms. The number of amides is 1. The molecule has 4 rings (SSSR count). The van der Waals surface area contributed by atoms with Gasteiger partial charge < -0.3 is 10.1 Å². The molecule has 0 spiro atoms. The van der Waals surface area contributed by atoms with Crippen LogP contribution in [0.2, 0.25) is 10.0 Å². The minimum atomic E-state index is -3.08. The molecule has 1 saturated heterocycles. The van der Waals surface area contributed by atoms with Gasteiger partial charge in [-0.1, -0.05) is 40.0 Å². The number of ether oxygens (including phenoxy) is 1. The Morgan fingerprint density at radius 3 is 2.65 bits per heavy atom. The van der Waals surface area contributed by atoms with Crippen molar-refractivity contribution in [1.82, 2.24) is 4.98 Å². The van der Waals surface area contributed by atoms with Crippen molar-refractivity contribution < 1.29 is 18.6 Å².